The van der Waals surface area contributed by atoms with Crippen LogP contribution in [0, 0.1) is 32.2 Å². The van der Waals surface area contributed by atoms with Gasteiger partial charge in [-0.05, 0) is 55.5 Å². The molecule has 17 heavy (non-hydrogen) atoms. The van der Waals surface area contributed by atoms with Crippen LogP contribution in [0.15, 0.2) is 6.07 Å². The van der Waals surface area contributed by atoms with Gasteiger partial charge >= 0.3 is 0 Å². The quantitative estimate of drug-likeness (QED) is 0.507. The van der Waals surface area contributed by atoms with Crippen molar-refractivity contribution in [3.8, 4) is 11.5 Å². The van der Waals surface area contributed by atoms with Crippen molar-refractivity contribution in [3.05, 3.63) is 33.9 Å². The highest BCUT2D eigenvalue weighted by Gasteiger charge is 2.10. The lowest BCUT2D eigenvalue weighted by Crippen LogP contribution is -2.16. The number of rotatable bonds is 1. The average Bonchev–Trinajstić information content (AvgIpc) is 2.21. The topological polar surface area (TPSA) is 0 Å². The molecule has 0 aliphatic rings. The fourth-order valence-electron chi connectivity index (χ4n) is 2.06. The van der Waals surface area contributed by atoms with E-state index in [9.17, 15) is 0 Å². The Morgan fingerprint density at radius 2 is 1.65 bits per heavy atom. The van der Waals surface area contributed by atoms with Crippen LogP contribution in [0.25, 0.3) is 0 Å². The minimum atomic E-state index is -1.28. The average molecular weight is 244 g/mol. The summed E-state index contributed by atoms with van der Waals surface area (Å²) in [6.07, 6.45) is 1.11. The Labute approximate surface area is 107 Å². The van der Waals surface area contributed by atoms with Crippen molar-refractivity contribution in [2.75, 3.05) is 0 Å². The van der Waals surface area contributed by atoms with E-state index in [4.69, 9.17) is 0 Å². The Balaban J connectivity index is 3.32. The third-order valence-electron chi connectivity index (χ3n) is 3.18. The molecule has 0 fully saturated rings. The first-order valence-electron chi connectivity index (χ1n) is 6.39. The van der Waals surface area contributed by atoms with Gasteiger partial charge in [0, 0.05) is 5.56 Å². The maximum atomic E-state index is 3.46. The first-order chi connectivity index (χ1) is 7.76. The highest BCUT2D eigenvalue weighted by molar-refractivity contribution is 6.83. The summed E-state index contributed by atoms with van der Waals surface area (Å²) in [5, 5.41) is 0. The van der Waals surface area contributed by atoms with Gasteiger partial charge in [-0.3, -0.25) is 0 Å². The van der Waals surface area contributed by atoms with Gasteiger partial charge in [0.05, 0.1) is 0 Å². The van der Waals surface area contributed by atoms with Gasteiger partial charge in [-0.15, -0.1) is 5.54 Å². The molecule has 0 saturated carbocycles. The maximum Gasteiger partial charge on any atom is 0.129 e. The van der Waals surface area contributed by atoms with Gasteiger partial charge in [0.25, 0.3) is 0 Å². The van der Waals surface area contributed by atoms with Gasteiger partial charge in [-0.1, -0.05) is 32.5 Å². The summed E-state index contributed by atoms with van der Waals surface area (Å²) in [7, 11) is -1.28. The lowest BCUT2D eigenvalue weighted by molar-refractivity contribution is 1.06. The lowest BCUT2D eigenvalue weighted by Gasteiger charge is -2.13. The largest absolute Gasteiger partial charge is 0.129 e. The molecule has 0 saturated heterocycles. The molecular formula is C16H24Si. The summed E-state index contributed by atoms with van der Waals surface area (Å²) in [5.74, 6) is 3.40. The second-order valence-electron chi connectivity index (χ2n) is 5.82. The Morgan fingerprint density at radius 3 is 2.12 bits per heavy atom. The van der Waals surface area contributed by atoms with E-state index in [1.807, 2.05) is 0 Å². The van der Waals surface area contributed by atoms with Crippen molar-refractivity contribution >= 4 is 8.07 Å². The Kier molecular flexibility index (Phi) is 4.22. The molecular weight excluding hydrogens is 220 g/mol. The van der Waals surface area contributed by atoms with Crippen LogP contribution in [0.5, 0.6) is 0 Å². The van der Waals surface area contributed by atoms with Crippen molar-refractivity contribution in [3.63, 3.8) is 0 Å². The van der Waals surface area contributed by atoms with Gasteiger partial charge < -0.3 is 0 Å². The van der Waals surface area contributed by atoms with Crippen LogP contribution in [-0.2, 0) is 6.42 Å². The molecule has 1 aromatic carbocycles. The van der Waals surface area contributed by atoms with Crippen molar-refractivity contribution < 1.29 is 0 Å². The molecule has 0 N–H and O–H groups in total. The van der Waals surface area contributed by atoms with Gasteiger partial charge in [0.2, 0.25) is 0 Å². The van der Waals surface area contributed by atoms with Crippen molar-refractivity contribution in [1.29, 1.82) is 0 Å². The first-order valence-corrected chi connectivity index (χ1v) is 9.89. The third-order valence-corrected chi connectivity index (χ3v) is 4.06. The van der Waals surface area contributed by atoms with E-state index in [-0.39, 0.29) is 0 Å². The van der Waals surface area contributed by atoms with Crippen molar-refractivity contribution in [2.45, 2.75) is 53.8 Å². The monoisotopic (exact) mass is 244 g/mol. The smallest absolute Gasteiger partial charge is 0.127 e. The number of hydrogen-bond donors (Lipinski definition) is 0. The first kappa shape index (κ1) is 14.1. The zero-order valence-electron chi connectivity index (χ0n) is 12.3. The molecule has 92 valence electrons. The summed E-state index contributed by atoms with van der Waals surface area (Å²) in [5.41, 5.74) is 10.3. The van der Waals surface area contributed by atoms with E-state index < -0.39 is 8.07 Å². The number of aryl methyl sites for hydroxylation is 1. The van der Waals surface area contributed by atoms with Gasteiger partial charge in [0.15, 0.2) is 0 Å². The molecule has 0 heterocycles. The summed E-state index contributed by atoms with van der Waals surface area (Å²) < 4.78 is 0. The van der Waals surface area contributed by atoms with Gasteiger partial charge in [-0.25, -0.2) is 0 Å². The van der Waals surface area contributed by atoms with Crippen LogP contribution in [0.4, 0.5) is 0 Å². The molecule has 0 aliphatic carbocycles. The fraction of sp³-hybridized carbons (Fsp3) is 0.500. The summed E-state index contributed by atoms with van der Waals surface area (Å²) in [6.45, 7) is 15.7. The van der Waals surface area contributed by atoms with Crippen LogP contribution in [0.3, 0.4) is 0 Å². The predicted molar refractivity (Wildman–Crippen MR) is 80.3 cm³/mol. The van der Waals surface area contributed by atoms with E-state index in [2.05, 4.69) is 64.9 Å². The minimum absolute atomic E-state index is 1.11. The molecule has 0 atom stereocenters. The van der Waals surface area contributed by atoms with Crippen molar-refractivity contribution in [1.82, 2.24) is 0 Å². The zero-order chi connectivity index (χ0) is 13.2. The van der Waals surface area contributed by atoms with E-state index in [0.717, 1.165) is 6.42 Å². The molecule has 0 unspecified atom stereocenters. The predicted octanol–water partition coefficient (Wildman–Crippen LogP) is 4.40. The Hall–Kier alpha value is -1.00. The second kappa shape index (κ2) is 5.10. The normalized spacial score (nSPS) is 11.0. The number of benzene rings is 1. The molecule has 0 nitrogen and oxygen atoms in total. The molecule has 0 aromatic heterocycles. The Morgan fingerprint density at radius 1 is 1.06 bits per heavy atom. The SMILES string of the molecule is CCc1c(C)cc(C#C[Si](C)(C)C)c(C)c1C. The molecule has 0 bridgehead atoms. The van der Waals surface area contributed by atoms with E-state index in [1.165, 1.54) is 27.8 Å². The highest BCUT2D eigenvalue weighted by Crippen LogP contribution is 2.22. The van der Waals surface area contributed by atoms with Crippen LogP contribution in [0.1, 0.15) is 34.7 Å². The van der Waals surface area contributed by atoms with Crippen LogP contribution in [-0.4, -0.2) is 8.07 Å². The molecule has 0 radical (unpaired) electrons. The lowest BCUT2D eigenvalue weighted by atomic mass is 9.93. The van der Waals surface area contributed by atoms with Crippen LogP contribution >= 0.6 is 0 Å². The molecule has 0 aliphatic heterocycles. The van der Waals surface area contributed by atoms with E-state index in [1.54, 1.807) is 0 Å². The molecule has 0 spiro atoms. The second-order valence-corrected chi connectivity index (χ2v) is 10.6. The summed E-state index contributed by atoms with van der Waals surface area (Å²) >= 11 is 0. The fourth-order valence-corrected chi connectivity index (χ4v) is 2.57. The van der Waals surface area contributed by atoms with Crippen LogP contribution in [0.2, 0.25) is 19.6 Å². The van der Waals surface area contributed by atoms with Crippen LogP contribution < -0.4 is 0 Å². The maximum absolute atomic E-state index is 3.46. The molecule has 1 heteroatoms. The standard InChI is InChI=1S/C16H24Si/c1-8-16-12(2)11-15(13(3)14(16)4)9-10-17(5,6)7/h11H,8H2,1-7H3. The number of hydrogen-bond acceptors (Lipinski definition) is 0. The molecule has 1 rings (SSSR count). The minimum Gasteiger partial charge on any atom is -0.127 e. The van der Waals surface area contributed by atoms with Gasteiger partial charge in [0.1, 0.15) is 8.07 Å². The molecule has 0 amide bonds. The third kappa shape index (κ3) is 3.48. The van der Waals surface area contributed by atoms with E-state index >= 15 is 0 Å². The zero-order valence-corrected chi connectivity index (χ0v) is 13.3. The highest BCUT2D eigenvalue weighted by atomic mass is 28.3. The Bertz CT molecular complexity index is 479. The molecule has 1 aromatic rings. The summed E-state index contributed by atoms with van der Waals surface area (Å²) in [6, 6.07) is 2.26. The van der Waals surface area contributed by atoms with Crippen molar-refractivity contribution in [2.24, 2.45) is 0 Å². The van der Waals surface area contributed by atoms with E-state index in [0.29, 0.717) is 0 Å². The summed E-state index contributed by atoms with van der Waals surface area (Å²) in [4.78, 5) is 0. The van der Waals surface area contributed by atoms with Gasteiger partial charge in [-0.2, -0.15) is 0 Å².